The van der Waals surface area contributed by atoms with Crippen molar-refractivity contribution in [3.63, 3.8) is 0 Å². The standard InChI is InChI=1S/C20H34N4.HI/c1-5-9-24-10-7-19(15-24)14-23-20(21-4)22-8-6-18-12-16(2)11-17(3)13-18;/h11-13,19H,5-10,14-15H2,1-4H3,(H2,21,22,23);1H. The van der Waals surface area contributed by atoms with E-state index in [4.69, 9.17) is 0 Å². The molecule has 1 fully saturated rings. The molecule has 1 aromatic carbocycles. The van der Waals surface area contributed by atoms with E-state index >= 15 is 0 Å². The minimum atomic E-state index is 0. The summed E-state index contributed by atoms with van der Waals surface area (Å²) in [4.78, 5) is 6.92. The third kappa shape index (κ3) is 7.94. The second-order valence-electron chi connectivity index (χ2n) is 7.08. The third-order valence-electron chi connectivity index (χ3n) is 4.68. The van der Waals surface area contributed by atoms with Crippen LogP contribution in [0, 0.1) is 19.8 Å². The van der Waals surface area contributed by atoms with E-state index in [1.54, 1.807) is 0 Å². The van der Waals surface area contributed by atoms with E-state index in [9.17, 15) is 0 Å². The largest absolute Gasteiger partial charge is 0.356 e. The molecule has 2 N–H and O–H groups in total. The van der Waals surface area contributed by atoms with Crippen molar-refractivity contribution in [3.05, 3.63) is 34.9 Å². The monoisotopic (exact) mass is 458 g/mol. The Labute approximate surface area is 170 Å². The molecule has 4 nitrogen and oxygen atoms in total. The number of nitrogens with one attached hydrogen (secondary N) is 2. The minimum absolute atomic E-state index is 0. The van der Waals surface area contributed by atoms with Crippen LogP contribution in [0.1, 0.15) is 36.5 Å². The van der Waals surface area contributed by atoms with Crippen molar-refractivity contribution in [1.29, 1.82) is 0 Å². The van der Waals surface area contributed by atoms with Crippen LogP contribution in [0.15, 0.2) is 23.2 Å². The Morgan fingerprint density at radius 2 is 1.92 bits per heavy atom. The van der Waals surface area contributed by atoms with Crippen molar-refractivity contribution >= 4 is 29.9 Å². The average Bonchev–Trinajstić information content (AvgIpc) is 2.98. The maximum absolute atomic E-state index is 4.35. The number of aliphatic imine (C=N–C) groups is 1. The summed E-state index contributed by atoms with van der Waals surface area (Å²) in [5, 5.41) is 6.94. The van der Waals surface area contributed by atoms with Crippen LogP contribution < -0.4 is 10.6 Å². The second-order valence-corrected chi connectivity index (χ2v) is 7.08. The summed E-state index contributed by atoms with van der Waals surface area (Å²) >= 11 is 0. The van der Waals surface area contributed by atoms with Crippen molar-refractivity contribution in [2.45, 2.75) is 40.0 Å². The zero-order valence-electron chi connectivity index (χ0n) is 16.3. The van der Waals surface area contributed by atoms with Gasteiger partial charge in [0, 0.05) is 26.7 Å². The van der Waals surface area contributed by atoms with Crippen molar-refractivity contribution in [2.75, 3.05) is 39.8 Å². The first-order valence-corrected chi connectivity index (χ1v) is 9.34. The average molecular weight is 458 g/mol. The second kappa shape index (κ2) is 11.7. The van der Waals surface area contributed by atoms with Crippen LogP contribution in [0.25, 0.3) is 0 Å². The molecule has 25 heavy (non-hydrogen) atoms. The summed E-state index contributed by atoms with van der Waals surface area (Å²) in [6.45, 7) is 12.2. The van der Waals surface area contributed by atoms with E-state index in [1.807, 2.05) is 7.05 Å². The highest BCUT2D eigenvalue weighted by atomic mass is 127. The van der Waals surface area contributed by atoms with Gasteiger partial charge >= 0.3 is 0 Å². The van der Waals surface area contributed by atoms with Gasteiger partial charge in [0.2, 0.25) is 0 Å². The number of hydrogen-bond donors (Lipinski definition) is 2. The first kappa shape index (κ1) is 22.2. The molecular formula is C20H35IN4. The SMILES string of the molecule is CCCN1CCC(CNC(=NC)NCCc2cc(C)cc(C)c2)C1.I. The number of aryl methyl sites for hydroxylation is 2. The fourth-order valence-corrected chi connectivity index (χ4v) is 3.60. The van der Waals surface area contributed by atoms with E-state index in [2.05, 4.69) is 59.5 Å². The molecule has 1 aliphatic heterocycles. The molecule has 1 aromatic rings. The van der Waals surface area contributed by atoms with Gasteiger partial charge in [0.25, 0.3) is 0 Å². The van der Waals surface area contributed by atoms with Gasteiger partial charge < -0.3 is 15.5 Å². The van der Waals surface area contributed by atoms with Gasteiger partial charge in [-0.2, -0.15) is 0 Å². The van der Waals surface area contributed by atoms with E-state index < -0.39 is 0 Å². The lowest BCUT2D eigenvalue weighted by molar-refractivity contribution is 0.324. The lowest BCUT2D eigenvalue weighted by Gasteiger charge is -2.17. The van der Waals surface area contributed by atoms with E-state index in [1.165, 1.54) is 49.2 Å². The van der Waals surface area contributed by atoms with Crippen molar-refractivity contribution in [3.8, 4) is 0 Å². The highest BCUT2D eigenvalue weighted by Crippen LogP contribution is 2.15. The molecule has 5 heteroatoms. The van der Waals surface area contributed by atoms with Gasteiger partial charge in [0.15, 0.2) is 5.96 Å². The Morgan fingerprint density at radius 1 is 1.20 bits per heavy atom. The van der Waals surface area contributed by atoms with E-state index in [-0.39, 0.29) is 24.0 Å². The zero-order valence-corrected chi connectivity index (χ0v) is 18.6. The highest BCUT2D eigenvalue weighted by Gasteiger charge is 2.21. The van der Waals surface area contributed by atoms with E-state index in [0.29, 0.717) is 0 Å². The predicted octanol–water partition coefficient (Wildman–Crippen LogP) is 3.36. The molecule has 1 unspecified atom stereocenters. The summed E-state index contributed by atoms with van der Waals surface area (Å²) in [5.74, 6) is 1.67. The van der Waals surface area contributed by atoms with Gasteiger partial charge in [-0.15, -0.1) is 24.0 Å². The number of benzene rings is 1. The number of nitrogens with zero attached hydrogens (tertiary/aromatic N) is 2. The quantitative estimate of drug-likeness (QED) is 0.374. The van der Waals surface area contributed by atoms with Gasteiger partial charge in [-0.1, -0.05) is 36.2 Å². The summed E-state index contributed by atoms with van der Waals surface area (Å²) < 4.78 is 0. The fraction of sp³-hybridized carbons (Fsp3) is 0.650. The van der Waals surface area contributed by atoms with Crippen LogP contribution in [0.3, 0.4) is 0 Å². The molecule has 0 saturated carbocycles. The molecule has 1 atom stereocenters. The summed E-state index contributed by atoms with van der Waals surface area (Å²) in [7, 11) is 1.85. The molecule has 1 saturated heterocycles. The Bertz CT molecular complexity index is 524. The molecule has 1 aliphatic rings. The van der Waals surface area contributed by atoms with Crippen LogP contribution in [-0.4, -0.2) is 50.6 Å². The van der Waals surface area contributed by atoms with Crippen molar-refractivity contribution < 1.29 is 0 Å². The minimum Gasteiger partial charge on any atom is -0.356 e. The Balaban J connectivity index is 0.00000312. The van der Waals surface area contributed by atoms with Gasteiger partial charge in [0.05, 0.1) is 0 Å². The Kier molecular flexibility index (Phi) is 10.4. The van der Waals surface area contributed by atoms with Gasteiger partial charge in [-0.05, 0) is 57.7 Å². The van der Waals surface area contributed by atoms with Crippen LogP contribution >= 0.6 is 24.0 Å². The fourth-order valence-electron chi connectivity index (χ4n) is 3.60. The summed E-state index contributed by atoms with van der Waals surface area (Å²) in [6.07, 6.45) is 3.57. The maximum Gasteiger partial charge on any atom is 0.190 e. The number of halogens is 1. The third-order valence-corrected chi connectivity index (χ3v) is 4.68. The zero-order chi connectivity index (χ0) is 17.4. The van der Waals surface area contributed by atoms with Crippen LogP contribution in [-0.2, 0) is 6.42 Å². The summed E-state index contributed by atoms with van der Waals surface area (Å²) in [6, 6.07) is 6.76. The molecule has 0 spiro atoms. The number of guanidine groups is 1. The predicted molar refractivity (Wildman–Crippen MR) is 119 cm³/mol. The number of rotatable bonds is 7. The molecule has 142 valence electrons. The van der Waals surface area contributed by atoms with Gasteiger partial charge in [-0.3, -0.25) is 4.99 Å². The Hall–Kier alpha value is -0.820. The van der Waals surface area contributed by atoms with Crippen LogP contribution in [0.2, 0.25) is 0 Å². The smallest absolute Gasteiger partial charge is 0.190 e. The molecular weight excluding hydrogens is 423 g/mol. The number of likely N-dealkylation sites (tertiary alicyclic amines) is 1. The Morgan fingerprint density at radius 3 is 2.56 bits per heavy atom. The summed E-state index contributed by atoms with van der Waals surface area (Å²) in [5.41, 5.74) is 4.07. The number of hydrogen-bond acceptors (Lipinski definition) is 2. The molecule has 0 aliphatic carbocycles. The normalized spacial score (nSPS) is 18.1. The molecule has 2 rings (SSSR count). The molecule has 0 radical (unpaired) electrons. The molecule has 1 heterocycles. The lowest BCUT2D eigenvalue weighted by atomic mass is 10.1. The first-order chi connectivity index (χ1) is 11.6. The molecule has 0 bridgehead atoms. The van der Waals surface area contributed by atoms with Crippen molar-refractivity contribution in [1.82, 2.24) is 15.5 Å². The van der Waals surface area contributed by atoms with E-state index in [0.717, 1.165) is 31.4 Å². The van der Waals surface area contributed by atoms with Crippen LogP contribution in [0.4, 0.5) is 0 Å². The van der Waals surface area contributed by atoms with Gasteiger partial charge in [-0.25, -0.2) is 0 Å². The maximum atomic E-state index is 4.35. The van der Waals surface area contributed by atoms with Crippen LogP contribution in [0.5, 0.6) is 0 Å². The highest BCUT2D eigenvalue weighted by molar-refractivity contribution is 14.0. The first-order valence-electron chi connectivity index (χ1n) is 9.34. The molecule has 0 amide bonds. The topological polar surface area (TPSA) is 39.7 Å². The van der Waals surface area contributed by atoms with Gasteiger partial charge in [0.1, 0.15) is 0 Å². The van der Waals surface area contributed by atoms with Crippen molar-refractivity contribution in [2.24, 2.45) is 10.9 Å². The molecule has 0 aromatic heterocycles. The lowest BCUT2D eigenvalue weighted by Crippen LogP contribution is -2.41.